The number of hydrogen-bond donors (Lipinski definition) is 1. The van der Waals surface area contributed by atoms with Gasteiger partial charge in [-0.25, -0.2) is 0 Å². The highest BCUT2D eigenvalue weighted by Gasteiger charge is 1.96. The Morgan fingerprint density at radius 1 is 1.07 bits per heavy atom. The molecule has 0 aromatic heterocycles. The third-order valence-corrected chi connectivity index (χ3v) is 1.77. The van der Waals surface area contributed by atoms with Gasteiger partial charge in [0.1, 0.15) is 6.61 Å². The lowest BCUT2D eigenvalue weighted by molar-refractivity contribution is -0.125. The van der Waals surface area contributed by atoms with Crippen LogP contribution in [0.5, 0.6) is 0 Å². The number of carbonyl (C=O) groups is 1. The first-order valence-electron chi connectivity index (χ1n) is 5.16. The second-order valence-corrected chi connectivity index (χ2v) is 3.04. The predicted octanol–water partition coefficient (Wildman–Crippen LogP) is 0.192. The molecule has 0 aliphatic heterocycles. The van der Waals surface area contributed by atoms with E-state index in [1.54, 1.807) is 14.2 Å². The summed E-state index contributed by atoms with van der Waals surface area (Å²) in [5.74, 6) is -0.0913. The number of unbranched alkanes of at least 4 members (excludes halogenated alkanes) is 1. The van der Waals surface area contributed by atoms with E-state index in [1.165, 1.54) is 0 Å². The minimum atomic E-state index is -0.0913. The van der Waals surface area contributed by atoms with Crippen molar-refractivity contribution in [3.63, 3.8) is 0 Å². The average molecular weight is 219 g/mol. The van der Waals surface area contributed by atoms with Crippen molar-refractivity contribution in [2.45, 2.75) is 12.8 Å². The molecule has 0 saturated carbocycles. The van der Waals surface area contributed by atoms with Crippen LogP contribution in [0.15, 0.2) is 0 Å². The minimum Gasteiger partial charge on any atom is -0.382 e. The maximum atomic E-state index is 10.7. The first-order chi connectivity index (χ1) is 7.31. The fraction of sp³-hybridized carbons (Fsp3) is 0.900. The van der Waals surface area contributed by atoms with Crippen LogP contribution in [-0.4, -0.2) is 53.1 Å². The Kier molecular flexibility index (Phi) is 10.9. The van der Waals surface area contributed by atoms with E-state index in [9.17, 15) is 4.79 Å². The van der Waals surface area contributed by atoms with Gasteiger partial charge in [0.2, 0.25) is 5.91 Å². The van der Waals surface area contributed by atoms with Gasteiger partial charge < -0.3 is 19.5 Å². The molecule has 0 unspecified atom stereocenters. The highest BCUT2D eigenvalue weighted by molar-refractivity contribution is 5.76. The van der Waals surface area contributed by atoms with Gasteiger partial charge in [-0.15, -0.1) is 0 Å². The van der Waals surface area contributed by atoms with Crippen LogP contribution in [0.3, 0.4) is 0 Å². The molecule has 0 fully saturated rings. The fourth-order valence-corrected chi connectivity index (χ4v) is 0.890. The number of carbonyl (C=O) groups excluding carboxylic acids is 1. The number of likely N-dealkylation sites (N-methyl/N-ethyl adjacent to an activating group) is 1. The van der Waals surface area contributed by atoms with E-state index in [-0.39, 0.29) is 12.5 Å². The first-order valence-corrected chi connectivity index (χ1v) is 5.16. The van der Waals surface area contributed by atoms with Crippen molar-refractivity contribution in [3.05, 3.63) is 0 Å². The van der Waals surface area contributed by atoms with Gasteiger partial charge in [-0.05, 0) is 12.8 Å². The summed E-state index contributed by atoms with van der Waals surface area (Å²) in [6.07, 6.45) is 1.85. The zero-order valence-electron chi connectivity index (χ0n) is 9.58. The number of rotatable bonds is 10. The fourth-order valence-electron chi connectivity index (χ4n) is 0.890. The molecule has 0 atom stereocenters. The predicted molar refractivity (Wildman–Crippen MR) is 56.8 cm³/mol. The summed E-state index contributed by atoms with van der Waals surface area (Å²) in [4.78, 5) is 10.7. The molecule has 0 rings (SSSR count). The molecule has 0 saturated heterocycles. The second kappa shape index (κ2) is 11.4. The molecule has 1 amide bonds. The van der Waals surface area contributed by atoms with E-state index in [1.807, 2.05) is 0 Å². The SMILES string of the molecule is CNC(=O)COCCCCOCCOC. The van der Waals surface area contributed by atoms with Crippen molar-refractivity contribution in [1.82, 2.24) is 5.32 Å². The van der Waals surface area contributed by atoms with Crippen LogP contribution in [0, 0.1) is 0 Å². The van der Waals surface area contributed by atoms with E-state index in [0.29, 0.717) is 26.4 Å². The summed E-state index contributed by atoms with van der Waals surface area (Å²) >= 11 is 0. The monoisotopic (exact) mass is 219 g/mol. The Labute approximate surface area is 91.1 Å². The zero-order chi connectivity index (χ0) is 11.4. The third kappa shape index (κ3) is 11.3. The summed E-state index contributed by atoms with van der Waals surface area (Å²) in [5, 5.41) is 2.49. The smallest absolute Gasteiger partial charge is 0.245 e. The van der Waals surface area contributed by atoms with Crippen LogP contribution in [0.25, 0.3) is 0 Å². The molecule has 1 N–H and O–H groups in total. The maximum absolute atomic E-state index is 10.7. The van der Waals surface area contributed by atoms with Crippen molar-refractivity contribution >= 4 is 5.91 Å². The lowest BCUT2D eigenvalue weighted by Crippen LogP contribution is -2.23. The molecule has 0 bridgehead atoms. The third-order valence-electron chi connectivity index (χ3n) is 1.77. The van der Waals surface area contributed by atoms with Crippen LogP contribution in [0.1, 0.15) is 12.8 Å². The summed E-state index contributed by atoms with van der Waals surface area (Å²) in [7, 11) is 3.24. The number of nitrogens with one attached hydrogen (secondary N) is 1. The summed E-state index contributed by atoms with van der Waals surface area (Å²) in [6.45, 7) is 2.72. The Hall–Kier alpha value is -0.650. The standard InChI is InChI=1S/C10H21NO4/c1-11-10(12)9-15-6-4-3-5-14-8-7-13-2/h3-9H2,1-2H3,(H,11,12). The highest BCUT2D eigenvalue weighted by Crippen LogP contribution is 1.91. The van der Waals surface area contributed by atoms with E-state index in [2.05, 4.69) is 5.32 Å². The van der Waals surface area contributed by atoms with Crippen molar-refractivity contribution in [2.24, 2.45) is 0 Å². The number of ether oxygens (including phenoxy) is 3. The first kappa shape index (κ1) is 14.3. The normalized spacial score (nSPS) is 10.3. The molecule has 0 aliphatic rings. The van der Waals surface area contributed by atoms with Crippen LogP contribution < -0.4 is 5.32 Å². The molecule has 0 heterocycles. The van der Waals surface area contributed by atoms with Gasteiger partial charge in [0, 0.05) is 27.4 Å². The van der Waals surface area contributed by atoms with E-state index >= 15 is 0 Å². The molecule has 15 heavy (non-hydrogen) atoms. The van der Waals surface area contributed by atoms with Gasteiger partial charge >= 0.3 is 0 Å². The zero-order valence-corrected chi connectivity index (χ0v) is 9.58. The second-order valence-electron chi connectivity index (χ2n) is 3.04. The lowest BCUT2D eigenvalue weighted by Gasteiger charge is -2.04. The summed E-state index contributed by atoms with van der Waals surface area (Å²) in [5.41, 5.74) is 0. The highest BCUT2D eigenvalue weighted by atomic mass is 16.5. The van der Waals surface area contributed by atoms with Gasteiger partial charge in [-0.1, -0.05) is 0 Å². The largest absolute Gasteiger partial charge is 0.382 e. The van der Waals surface area contributed by atoms with Crippen molar-refractivity contribution < 1.29 is 19.0 Å². The number of hydrogen-bond acceptors (Lipinski definition) is 4. The Morgan fingerprint density at radius 3 is 2.33 bits per heavy atom. The van der Waals surface area contributed by atoms with Crippen molar-refractivity contribution in [1.29, 1.82) is 0 Å². The van der Waals surface area contributed by atoms with Gasteiger partial charge in [0.25, 0.3) is 0 Å². The average Bonchev–Trinajstić information content (AvgIpc) is 2.26. The van der Waals surface area contributed by atoms with Crippen LogP contribution >= 0.6 is 0 Å². The summed E-state index contributed by atoms with van der Waals surface area (Å²) in [6, 6.07) is 0. The van der Waals surface area contributed by atoms with E-state index in [4.69, 9.17) is 14.2 Å². The topological polar surface area (TPSA) is 56.8 Å². The van der Waals surface area contributed by atoms with Crippen molar-refractivity contribution in [2.75, 3.05) is 47.2 Å². The molecule has 0 radical (unpaired) electrons. The Balaban J connectivity index is 2.95. The molecule has 0 aliphatic carbocycles. The maximum Gasteiger partial charge on any atom is 0.245 e. The molecular formula is C10H21NO4. The molecule has 0 spiro atoms. The van der Waals surface area contributed by atoms with E-state index in [0.717, 1.165) is 12.8 Å². The van der Waals surface area contributed by atoms with E-state index < -0.39 is 0 Å². The van der Waals surface area contributed by atoms with Gasteiger partial charge in [-0.2, -0.15) is 0 Å². The quantitative estimate of drug-likeness (QED) is 0.533. The molecule has 5 nitrogen and oxygen atoms in total. The number of amides is 1. The van der Waals surface area contributed by atoms with Crippen molar-refractivity contribution in [3.8, 4) is 0 Å². The molecular weight excluding hydrogens is 198 g/mol. The molecule has 90 valence electrons. The molecule has 5 heteroatoms. The molecule has 0 aromatic rings. The number of methoxy groups -OCH3 is 1. The molecule has 0 aromatic carbocycles. The van der Waals surface area contributed by atoms with Gasteiger partial charge in [0.15, 0.2) is 0 Å². The van der Waals surface area contributed by atoms with Gasteiger partial charge in [0.05, 0.1) is 13.2 Å². The van der Waals surface area contributed by atoms with Crippen LogP contribution in [-0.2, 0) is 19.0 Å². The summed E-state index contributed by atoms with van der Waals surface area (Å²) < 4.78 is 15.2. The Morgan fingerprint density at radius 2 is 1.73 bits per heavy atom. The lowest BCUT2D eigenvalue weighted by atomic mass is 10.3. The van der Waals surface area contributed by atoms with Gasteiger partial charge in [-0.3, -0.25) is 4.79 Å². The van der Waals surface area contributed by atoms with Crippen LogP contribution in [0.4, 0.5) is 0 Å². The van der Waals surface area contributed by atoms with Crippen LogP contribution in [0.2, 0.25) is 0 Å². The minimum absolute atomic E-state index is 0.0913. The Bertz CT molecular complexity index is 152.